The van der Waals surface area contributed by atoms with Crippen LogP contribution in [-0.4, -0.2) is 24.0 Å². The maximum atomic E-state index is 12.9. The SMILES string of the molecule is COC(=O)C(=O)C1=C(c2cccs2)NC(=S)N[C@@H]1c1ccc2ccccc2c1. The third kappa shape index (κ3) is 3.30. The van der Waals surface area contributed by atoms with Crippen molar-refractivity contribution >= 4 is 56.9 Å². The van der Waals surface area contributed by atoms with E-state index in [-0.39, 0.29) is 5.57 Å². The zero-order valence-electron chi connectivity index (χ0n) is 14.9. The summed E-state index contributed by atoms with van der Waals surface area (Å²) >= 11 is 6.84. The second-order valence-corrected chi connectivity index (χ2v) is 7.58. The maximum absolute atomic E-state index is 12.9. The smallest absolute Gasteiger partial charge is 0.379 e. The number of ether oxygens (including phenoxy) is 1. The molecule has 1 aliphatic heterocycles. The normalized spacial score (nSPS) is 16.5. The van der Waals surface area contributed by atoms with E-state index in [1.165, 1.54) is 18.4 Å². The second kappa shape index (κ2) is 7.53. The molecule has 3 aromatic rings. The Morgan fingerprint density at radius 2 is 1.86 bits per heavy atom. The molecule has 140 valence electrons. The standard InChI is InChI=1S/C21H16N2O3S2/c1-26-20(25)19(24)16-17(14-9-8-12-5-2-3-6-13(12)11-14)22-21(27)23-18(16)15-7-4-10-28-15/h2-11,17H,1H3,(H2,22,23,27)/t17-/m1/s1. The lowest BCUT2D eigenvalue weighted by Gasteiger charge is -2.30. The molecule has 5 nitrogen and oxygen atoms in total. The molecule has 0 spiro atoms. The lowest BCUT2D eigenvalue weighted by Crippen LogP contribution is -2.45. The van der Waals surface area contributed by atoms with Crippen molar-refractivity contribution in [2.24, 2.45) is 0 Å². The van der Waals surface area contributed by atoms with Crippen molar-refractivity contribution < 1.29 is 14.3 Å². The molecule has 0 saturated carbocycles. The monoisotopic (exact) mass is 408 g/mol. The molecular weight excluding hydrogens is 392 g/mol. The molecule has 2 N–H and O–H groups in total. The van der Waals surface area contributed by atoms with Crippen molar-refractivity contribution in [3.05, 3.63) is 76.0 Å². The zero-order valence-corrected chi connectivity index (χ0v) is 16.5. The minimum atomic E-state index is -0.911. The molecule has 7 heteroatoms. The summed E-state index contributed by atoms with van der Waals surface area (Å²) in [6, 6.07) is 17.1. The van der Waals surface area contributed by atoms with Gasteiger partial charge in [0, 0.05) is 0 Å². The van der Waals surface area contributed by atoms with Gasteiger partial charge in [-0.25, -0.2) is 4.79 Å². The van der Waals surface area contributed by atoms with Gasteiger partial charge in [0.05, 0.1) is 29.3 Å². The van der Waals surface area contributed by atoms with Crippen LogP contribution >= 0.6 is 23.6 Å². The van der Waals surface area contributed by atoms with E-state index in [0.717, 1.165) is 21.2 Å². The van der Waals surface area contributed by atoms with Crippen LogP contribution in [0.2, 0.25) is 0 Å². The van der Waals surface area contributed by atoms with Crippen LogP contribution in [0.1, 0.15) is 16.5 Å². The van der Waals surface area contributed by atoms with Gasteiger partial charge in [-0.1, -0.05) is 42.5 Å². The van der Waals surface area contributed by atoms with E-state index in [2.05, 4.69) is 10.6 Å². The number of ketones is 1. The Bertz CT molecular complexity index is 1120. The van der Waals surface area contributed by atoms with Crippen molar-refractivity contribution in [1.29, 1.82) is 0 Å². The number of fused-ring (bicyclic) bond motifs is 1. The van der Waals surface area contributed by atoms with E-state index in [4.69, 9.17) is 17.0 Å². The fourth-order valence-corrected chi connectivity index (χ4v) is 4.22. The highest BCUT2D eigenvalue weighted by atomic mass is 32.1. The number of nitrogens with one attached hydrogen (secondary N) is 2. The van der Waals surface area contributed by atoms with Gasteiger partial charge in [-0.15, -0.1) is 11.3 Å². The van der Waals surface area contributed by atoms with Gasteiger partial charge in [0.25, 0.3) is 5.78 Å². The highest BCUT2D eigenvalue weighted by molar-refractivity contribution is 7.80. The van der Waals surface area contributed by atoms with Gasteiger partial charge >= 0.3 is 5.97 Å². The lowest BCUT2D eigenvalue weighted by molar-refractivity contribution is -0.150. The van der Waals surface area contributed by atoms with Gasteiger partial charge in [0.1, 0.15) is 0 Å². The summed E-state index contributed by atoms with van der Waals surface area (Å²) in [6.45, 7) is 0. The first-order chi connectivity index (χ1) is 13.6. The maximum Gasteiger partial charge on any atom is 0.379 e. The van der Waals surface area contributed by atoms with E-state index < -0.39 is 17.8 Å². The van der Waals surface area contributed by atoms with Crippen LogP contribution < -0.4 is 10.6 Å². The van der Waals surface area contributed by atoms with Crippen molar-refractivity contribution in [3.63, 3.8) is 0 Å². The molecule has 0 saturated heterocycles. The van der Waals surface area contributed by atoms with E-state index in [0.29, 0.717) is 10.8 Å². The molecule has 28 heavy (non-hydrogen) atoms. The van der Waals surface area contributed by atoms with Gasteiger partial charge in [-0.05, 0) is 46.1 Å². The average Bonchev–Trinajstić information content (AvgIpc) is 3.26. The summed E-state index contributed by atoms with van der Waals surface area (Å²) in [5, 5.41) is 10.6. The highest BCUT2D eigenvalue weighted by Gasteiger charge is 2.36. The number of hydrogen-bond acceptors (Lipinski definition) is 5. The van der Waals surface area contributed by atoms with E-state index in [1.807, 2.05) is 60.0 Å². The third-order valence-corrected chi connectivity index (χ3v) is 5.67. The number of methoxy groups -OCH3 is 1. The number of carbonyl (C=O) groups is 2. The first-order valence-electron chi connectivity index (χ1n) is 8.55. The van der Waals surface area contributed by atoms with Gasteiger partial charge in [0.15, 0.2) is 5.11 Å². The Morgan fingerprint density at radius 3 is 2.57 bits per heavy atom. The number of esters is 1. The number of carbonyl (C=O) groups excluding carboxylic acids is 2. The molecule has 0 unspecified atom stereocenters. The topological polar surface area (TPSA) is 67.4 Å². The molecule has 4 rings (SSSR count). The molecule has 0 radical (unpaired) electrons. The van der Waals surface area contributed by atoms with Crippen molar-refractivity contribution in [1.82, 2.24) is 10.6 Å². The predicted octanol–water partition coefficient (Wildman–Crippen LogP) is 3.57. The van der Waals surface area contributed by atoms with Crippen LogP contribution in [0.5, 0.6) is 0 Å². The van der Waals surface area contributed by atoms with E-state index in [1.54, 1.807) is 0 Å². The van der Waals surface area contributed by atoms with Crippen molar-refractivity contribution in [2.45, 2.75) is 6.04 Å². The predicted molar refractivity (Wildman–Crippen MR) is 114 cm³/mol. The fourth-order valence-electron chi connectivity index (χ4n) is 3.26. The Balaban J connectivity index is 1.91. The van der Waals surface area contributed by atoms with Crippen molar-refractivity contribution in [2.75, 3.05) is 7.11 Å². The first-order valence-corrected chi connectivity index (χ1v) is 9.84. The van der Waals surface area contributed by atoms with Crippen LogP contribution in [0, 0.1) is 0 Å². The molecule has 2 heterocycles. The minimum Gasteiger partial charge on any atom is -0.463 e. The zero-order chi connectivity index (χ0) is 19.7. The molecule has 0 bridgehead atoms. The van der Waals surface area contributed by atoms with Crippen LogP contribution in [0.4, 0.5) is 0 Å². The van der Waals surface area contributed by atoms with Gasteiger partial charge < -0.3 is 15.4 Å². The van der Waals surface area contributed by atoms with Crippen LogP contribution in [0.25, 0.3) is 16.5 Å². The Morgan fingerprint density at radius 1 is 1.07 bits per heavy atom. The number of thiocarbonyl (C=S) groups is 1. The Labute approximate surface area is 171 Å². The summed E-state index contributed by atoms with van der Waals surface area (Å²) in [6.07, 6.45) is 0. The molecule has 0 fully saturated rings. The second-order valence-electron chi connectivity index (χ2n) is 6.22. The highest BCUT2D eigenvalue weighted by Crippen LogP contribution is 2.34. The number of hydrogen-bond donors (Lipinski definition) is 2. The number of benzene rings is 2. The third-order valence-electron chi connectivity index (χ3n) is 4.56. The fraction of sp³-hybridized carbons (Fsp3) is 0.0952. The van der Waals surface area contributed by atoms with Crippen LogP contribution in [0.3, 0.4) is 0 Å². The minimum absolute atomic E-state index is 0.290. The van der Waals surface area contributed by atoms with E-state index in [9.17, 15) is 9.59 Å². The molecule has 0 amide bonds. The Hall–Kier alpha value is -3.03. The molecular formula is C21H16N2O3S2. The Kier molecular flexibility index (Phi) is 4.93. The first kappa shape index (κ1) is 18.3. The summed E-state index contributed by atoms with van der Waals surface area (Å²) < 4.78 is 4.70. The van der Waals surface area contributed by atoms with E-state index >= 15 is 0 Å². The quantitative estimate of drug-likeness (QED) is 0.391. The molecule has 1 aliphatic rings. The molecule has 2 aromatic carbocycles. The summed E-state index contributed by atoms with van der Waals surface area (Å²) in [4.78, 5) is 25.9. The molecule has 1 atom stereocenters. The number of rotatable bonds is 4. The number of Topliss-reactive ketones (excluding diaryl/α,β-unsaturated/α-hetero) is 1. The summed E-state index contributed by atoms with van der Waals surface area (Å²) in [7, 11) is 1.20. The summed E-state index contributed by atoms with van der Waals surface area (Å²) in [5.74, 6) is -1.61. The van der Waals surface area contributed by atoms with Crippen molar-refractivity contribution in [3.8, 4) is 0 Å². The molecule has 1 aromatic heterocycles. The van der Waals surface area contributed by atoms with Crippen LogP contribution in [0.15, 0.2) is 65.6 Å². The van der Waals surface area contributed by atoms with Gasteiger partial charge in [-0.2, -0.15) is 0 Å². The largest absolute Gasteiger partial charge is 0.463 e. The van der Waals surface area contributed by atoms with Gasteiger partial charge in [-0.3, -0.25) is 4.79 Å². The molecule has 0 aliphatic carbocycles. The summed E-state index contributed by atoms with van der Waals surface area (Å²) in [5.41, 5.74) is 1.66. The number of thiophene rings is 1. The average molecular weight is 409 g/mol. The lowest BCUT2D eigenvalue weighted by atomic mass is 9.90. The van der Waals surface area contributed by atoms with Crippen LogP contribution in [-0.2, 0) is 14.3 Å². The van der Waals surface area contributed by atoms with Gasteiger partial charge in [0.2, 0.25) is 0 Å².